The van der Waals surface area contributed by atoms with Gasteiger partial charge in [-0.15, -0.1) is 0 Å². The highest BCUT2D eigenvalue weighted by atomic mass is 16.6. The first-order chi connectivity index (χ1) is 32.0. The van der Waals surface area contributed by atoms with Crippen LogP contribution in [-0.2, 0) is 28.6 Å². The number of allylic oxidation sites excluding steroid dienone is 6. The van der Waals surface area contributed by atoms with Gasteiger partial charge in [-0.05, 0) is 51.4 Å². The maximum Gasteiger partial charge on any atom is 0.306 e. The number of carbonyl (C=O) groups is 3. The Morgan fingerprint density at radius 2 is 0.600 bits per heavy atom. The maximum absolute atomic E-state index is 12.8. The van der Waals surface area contributed by atoms with Crippen LogP contribution in [0.5, 0.6) is 0 Å². The van der Waals surface area contributed by atoms with E-state index in [9.17, 15) is 14.4 Å². The number of carbonyl (C=O) groups excluding carboxylic acids is 3. The lowest BCUT2D eigenvalue weighted by molar-refractivity contribution is -0.167. The van der Waals surface area contributed by atoms with E-state index in [-0.39, 0.29) is 31.1 Å². The highest BCUT2D eigenvalue weighted by Gasteiger charge is 2.19. The average molecular weight is 914 g/mol. The molecule has 1 unspecified atom stereocenters. The summed E-state index contributed by atoms with van der Waals surface area (Å²) in [7, 11) is 0. The van der Waals surface area contributed by atoms with Gasteiger partial charge in [-0.1, -0.05) is 269 Å². The normalized spacial score (nSPS) is 12.2. The minimum Gasteiger partial charge on any atom is -0.462 e. The van der Waals surface area contributed by atoms with Crippen molar-refractivity contribution in [2.24, 2.45) is 0 Å². The van der Waals surface area contributed by atoms with E-state index in [0.717, 1.165) is 77.0 Å². The number of hydrogen-bond donors (Lipinski definition) is 0. The minimum absolute atomic E-state index is 0.0692. The average Bonchev–Trinajstić information content (AvgIpc) is 3.30. The predicted octanol–water partition coefficient (Wildman–Crippen LogP) is 18.9. The van der Waals surface area contributed by atoms with Gasteiger partial charge in [-0.2, -0.15) is 0 Å². The van der Waals surface area contributed by atoms with Crippen LogP contribution in [0.4, 0.5) is 0 Å². The molecule has 0 fully saturated rings. The van der Waals surface area contributed by atoms with E-state index < -0.39 is 6.10 Å². The zero-order chi connectivity index (χ0) is 47.2. The molecule has 6 heteroatoms. The molecular weight excluding hydrogens is 805 g/mol. The van der Waals surface area contributed by atoms with Crippen molar-refractivity contribution in [3.05, 3.63) is 36.5 Å². The molecule has 0 rings (SSSR count). The zero-order valence-electron chi connectivity index (χ0n) is 43.5. The highest BCUT2D eigenvalue weighted by molar-refractivity contribution is 5.71. The van der Waals surface area contributed by atoms with Gasteiger partial charge in [0.2, 0.25) is 0 Å². The Bertz CT molecular complexity index is 1090. The summed E-state index contributed by atoms with van der Waals surface area (Å²) in [5.41, 5.74) is 0. The van der Waals surface area contributed by atoms with Gasteiger partial charge in [0.05, 0.1) is 0 Å². The predicted molar refractivity (Wildman–Crippen MR) is 279 cm³/mol. The first-order valence-corrected chi connectivity index (χ1v) is 28.5. The van der Waals surface area contributed by atoms with Crippen molar-refractivity contribution in [1.29, 1.82) is 0 Å². The maximum atomic E-state index is 12.8. The molecular formula is C59H108O6. The molecule has 0 amide bonds. The van der Waals surface area contributed by atoms with Crippen LogP contribution in [-0.4, -0.2) is 37.2 Å². The van der Waals surface area contributed by atoms with Crippen LogP contribution in [0.2, 0.25) is 0 Å². The second-order valence-corrected chi connectivity index (χ2v) is 19.2. The first-order valence-electron chi connectivity index (χ1n) is 28.5. The third-order valence-corrected chi connectivity index (χ3v) is 12.7. The highest BCUT2D eigenvalue weighted by Crippen LogP contribution is 2.17. The fourth-order valence-corrected chi connectivity index (χ4v) is 8.40. The summed E-state index contributed by atoms with van der Waals surface area (Å²) in [4.78, 5) is 38.0. The van der Waals surface area contributed by atoms with E-state index in [0.29, 0.717) is 19.3 Å². The molecule has 0 aliphatic carbocycles. The Morgan fingerprint density at radius 1 is 0.323 bits per heavy atom. The van der Waals surface area contributed by atoms with Gasteiger partial charge in [-0.3, -0.25) is 14.4 Å². The number of esters is 3. The molecule has 0 spiro atoms. The van der Waals surface area contributed by atoms with Gasteiger partial charge in [0.15, 0.2) is 6.10 Å². The standard InChI is InChI=1S/C59H108O6/c1-4-7-10-13-16-19-21-23-25-27-29-31-33-35-37-40-43-46-49-52-58(61)64-55-56(54-63-57(60)51-48-45-42-39-18-15-12-9-6-3)65-59(62)53-50-47-44-41-38-36-34-32-30-28-26-24-22-20-17-14-11-8-5-2/h7,10,16,19,23,25,56H,4-6,8-9,11-15,17-18,20-22,24,26-55H2,1-3H3/b10-7-,19-16-,25-23-. The van der Waals surface area contributed by atoms with Crippen molar-refractivity contribution in [2.45, 2.75) is 309 Å². The van der Waals surface area contributed by atoms with Gasteiger partial charge in [0.25, 0.3) is 0 Å². The summed E-state index contributed by atoms with van der Waals surface area (Å²) in [6.45, 7) is 6.55. The van der Waals surface area contributed by atoms with E-state index in [1.54, 1.807) is 0 Å². The quantitative estimate of drug-likeness (QED) is 0.0262. The molecule has 0 aromatic rings. The van der Waals surface area contributed by atoms with E-state index in [1.807, 2.05) is 0 Å². The van der Waals surface area contributed by atoms with Crippen LogP contribution >= 0.6 is 0 Å². The van der Waals surface area contributed by atoms with E-state index in [2.05, 4.69) is 57.2 Å². The molecule has 1 atom stereocenters. The third kappa shape index (κ3) is 52.5. The second-order valence-electron chi connectivity index (χ2n) is 19.2. The molecule has 0 heterocycles. The number of ether oxygens (including phenoxy) is 3. The summed E-state index contributed by atoms with van der Waals surface area (Å²) in [5.74, 6) is -0.860. The summed E-state index contributed by atoms with van der Waals surface area (Å²) >= 11 is 0. The smallest absolute Gasteiger partial charge is 0.306 e. The van der Waals surface area contributed by atoms with Crippen molar-refractivity contribution in [3.63, 3.8) is 0 Å². The molecule has 65 heavy (non-hydrogen) atoms. The fourth-order valence-electron chi connectivity index (χ4n) is 8.40. The molecule has 0 aromatic carbocycles. The first kappa shape index (κ1) is 62.6. The van der Waals surface area contributed by atoms with Crippen LogP contribution in [0.25, 0.3) is 0 Å². The topological polar surface area (TPSA) is 78.9 Å². The van der Waals surface area contributed by atoms with Crippen LogP contribution in [0.3, 0.4) is 0 Å². The lowest BCUT2D eigenvalue weighted by Crippen LogP contribution is -2.30. The van der Waals surface area contributed by atoms with Crippen LogP contribution in [0.15, 0.2) is 36.5 Å². The summed E-state index contributed by atoms with van der Waals surface area (Å²) in [6, 6.07) is 0. The molecule has 0 N–H and O–H groups in total. The Hall–Kier alpha value is -2.37. The van der Waals surface area contributed by atoms with Gasteiger partial charge < -0.3 is 14.2 Å². The van der Waals surface area contributed by atoms with Crippen molar-refractivity contribution in [3.8, 4) is 0 Å². The molecule has 0 radical (unpaired) electrons. The van der Waals surface area contributed by atoms with E-state index >= 15 is 0 Å². The molecule has 0 aliphatic heterocycles. The largest absolute Gasteiger partial charge is 0.462 e. The third-order valence-electron chi connectivity index (χ3n) is 12.7. The SMILES string of the molecule is CC/C=C\C/C=C\C/C=C\CCCCCCCCCCCC(=O)OCC(COC(=O)CCCCCCCCCCC)OC(=O)CCCCCCCCCCCCCCCCCCCCC. The number of rotatable bonds is 52. The lowest BCUT2D eigenvalue weighted by Gasteiger charge is -2.18. The summed E-state index contributed by atoms with van der Waals surface area (Å²) in [6.07, 6.45) is 64.3. The second kappa shape index (κ2) is 54.2. The van der Waals surface area contributed by atoms with Crippen molar-refractivity contribution < 1.29 is 28.6 Å². The van der Waals surface area contributed by atoms with Crippen molar-refractivity contribution in [2.75, 3.05) is 13.2 Å². The van der Waals surface area contributed by atoms with Crippen molar-refractivity contribution >= 4 is 17.9 Å². The molecule has 0 saturated carbocycles. The summed E-state index contributed by atoms with van der Waals surface area (Å²) in [5, 5.41) is 0. The Balaban J connectivity index is 4.24. The van der Waals surface area contributed by atoms with Gasteiger partial charge >= 0.3 is 17.9 Å². The van der Waals surface area contributed by atoms with Crippen molar-refractivity contribution in [1.82, 2.24) is 0 Å². The van der Waals surface area contributed by atoms with Crippen LogP contribution in [0, 0.1) is 0 Å². The van der Waals surface area contributed by atoms with Crippen LogP contribution in [0.1, 0.15) is 303 Å². The van der Waals surface area contributed by atoms with Gasteiger partial charge in [0, 0.05) is 19.3 Å². The van der Waals surface area contributed by atoms with E-state index in [1.165, 1.54) is 186 Å². The monoisotopic (exact) mass is 913 g/mol. The molecule has 0 bridgehead atoms. The molecule has 0 saturated heterocycles. The Labute approximate surface area is 404 Å². The van der Waals surface area contributed by atoms with Gasteiger partial charge in [0.1, 0.15) is 13.2 Å². The van der Waals surface area contributed by atoms with E-state index in [4.69, 9.17) is 14.2 Å². The van der Waals surface area contributed by atoms with Gasteiger partial charge in [-0.25, -0.2) is 0 Å². The molecule has 0 aromatic heterocycles. The molecule has 6 nitrogen and oxygen atoms in total. The Morgan fingerprint density at radius 3 is 0.938 bits per heavy atom. The minimum atomic E-state index is -0.769. The Kier molecular flexibility index (Phi) is 52.3. The molecule has 0 aliphatic rings. The lowest BCUT2D eigenvalue weighted by atomic mass is 10.0. The molecule has 380 valence electrons. The fraction of sp³-hybridized carbons (Fsp3) is 0.847. The van der Waals surface area contributed by atoms with Crippen LogP contribution < -0.4 is 0 Å². The number of unbranched alkanes of at least 4 members (excludes halogenated alkanes) is 35. The zero-order valence-corrected chi connectivity index (χ0v) is 43.5. The number of hydrogen-bond acceptors (Lipinski definition) is 6. The summed E-state index contributed by atoms with van der Waals surface area (Å²) < 4.78 is 16.8.